The summed E-state index contributed by atoms with van der Waals surface area (Å²) in [6.45, 7) is 12.1. The molecule has 246 valence electrons. The molecule has 0 atom stereocenters. The molecule has 6 aromatic carbocycles. The molecule has 0 spiro atoms. The first-order valence-electron chi connectivity index (χ1n) is 18.4. The highest BCUT2D eigenvalue weighted by Gasteiger charge is 2.48. The standard InChI is InChI=1S/C47H39BN2S/c1-46(2,3)36-17-12-15-34-42-45(51-44(34)36)50(30-24-23-28-21-22-29(28)25-30)41-27-31(49-39-19-10-6-13-32(39)33-14-7-11-20-40(33)49)26-37-43(41)48(42)38-18-9-8-16-35(38)47(37,4)5/h6-20,23-27H,21-22H2,1-5H3. The zero-order valence-electron chi connectivity index (χ0n) is 29.8. The van der Waals surface area contributed by atoms with Crippen LogP contribution in [0.2, 0.25) is 0 Å². The van der Waals surface area contributed by atoms with Gasteiger partial charge in [-0.05, 0) is 98.8 Å². The fourth-order valence-corrected chi connectivity index (χ4v) is 11.3. The summed E-state index contributed by atoms with van der Waals surface area (Å²) in [6, 6.07) is 46.5. The Kier molecular flexibility index (Phi) is 5.84. The molecule has 0 saturated heterocycles. The van der Waals surface area contributed by atoms with E-state index in [0.29, 0.717) is 0 Å². The van der Waals surface area contributed by atoms with Crippen LogP contribution >= 0.6 is 11.3 Å². The molecule has 0 fully saturated rings. The van der Waals surface area contributed by atoms with Crippen LogP contribution in [0.15, 0.2) is 121 Å². The lowest BCUT2D eigenvalue weighted by atomic mass is 9.30. The minimum Gasteiger partial charge on any atom is -0.309 e. The van der Waals surface area contributed by atoms with Gasteiger partial charge in [-0.1, -0.05) is 125 Å². The van der Waals surface area contributed by atoms with Crippen molar-refractivity contribution in [2.24, 2.45) is 0 Å². The predicted octanol–water partition coefficient (Wildman–Crippen LogP) is 10.3. The minimum absolute atomic E-state index is 0.0294. The van der Waals surface area contributed by atoms with Crippen LogP contribution in [-0.4, -0.2) is 11.3 Å². The molecule has 1 aliphatic carbocycles. The smallest absolute Gasteiger partial charge is 0.249 e. The van der Waals surface area contributed by atoms with E-state index in [1.165, 1.54) is 105 Å². The molecule has 0 amide bonds. The minimum atomic E-state index is -0.196. The van der Waals surface area contributed by atoms with E-state index in [1.807, 2.05) is 11.3 Å². The van der Waals surface area contributed by atoms with E-state index in [1.54, 1.807) is 0 Å². The molecule has 8 aromatic rings. The summed E-state index contributed by atoms with van der Waals surface area (Å²) in [7, 11) is 0. The average Bonchev–Trinajstić information content (AvgIpc) is 3.66. The fourth-order valence-electron chi connectivity index (χ4n) is 9.72. The quantitative estimate of drug-likeness (QED) is 0.166. The highest BCUT2D eigenvalue weighted by atomic mass is 32.1. The van der Waals surface area contributed by atoms with Crippen molar-refractivity contribution in [2.75, 3.05) is 4.90 Å². The van der Waals surface area contributed by atoms with Crippen LogP contribution in [0.5, 0.6) is 0 Å². The zero-order chi connectivity index (χ0) is 34.4. The summed E-state index contributed by atoms with van der Waals surface area (Å²) in [5.74, 6) is 0. The van der Waals surface area contributed by atoms with Gasteiger partial charge in [0.1, 0.15) is 0 Å². The maximum Gasteiger partial charge on any atom is 0.249 e. The zero-order valence-corrected chi connectivity index (χ0v) is 30.7. The number of nitrogens with zero attached hydrogens (tertiary/aromatic N) is 2. The molecule has 0 N–H and O–H groups in total. The number of aromatic nitrogens is 1. The second kappa shape index (κ2) is 10.0. The van der Waals surface area contributed by atoms with E-state index in [2.05, 4.69) is 165 Å². The third kappa shape index (κ3) is 3.89. The van der Waals surface area contributed by atoms with Crippen molar-refractivity contribution in [1.29, 1.82) is 0 Å². The van der Waals surface area contributed by atoms with Gasteiger partial charge in [0.05, 0.1) is 16.0 Å². The van der Waals surface area contributed by atoms with Crippen LogP contribution in [-0.2, 0) is 23.7 Å². The van der Waals surface area contributed by atoms with Gasteiger partial charge < -0.3 is 9.47 Å². The van der Waals surface area contributed by atoms with Gasteiger partial charge >= 0.3 is 0 Å². The highest BCUT2D eigenvalue weighted by molar-refractivity contribution is 7.26. The summed E-state index contributed by atoms with van der Waals surface area (Å²) < 4.78 is 3.93. The Morgan fingerprint density at radius 1 is 0.627 bits per heavy atom. The molecule has 4 heteroatoms. The summed E-state index contributed by atoms with van der Waals surface area (Å²) in [4.78, 5) is 2.65. The van der Waals surface area contributed by atoms with E-state index in [0.717, 1.165) is 6.42 Å². The first-order chi connectivity index (χ1) is 24.7. The van der Waals surface area contributed by atoms with Crippen LogP contribution in [0.4, 0.5) is 16.4 Å². The van der Waals surface area contributed by atoms with Crippen LogP contribution in [0.1, 0.15) is 62.4 Å². The molecular formula is C47H39BN2S. The van der Waals surface area contributed by atoms with Gasteiger partial charge in [-0.3, -0.25) is 0 Å². The van der Waals surface area contributed by atoms with Crippen molar-refractivity contribution >= 4 is 82.7 Å². The number of para-hydroxylation sites is 2. The van der Waals surface area contributed by atoms with Crippen molar-refractivity contribution in [2.45, 2.75) is 58.3 Å². The van der Waals surface area contributed by atoms with Crippen molar-refractivity contribution in [1.82, 2.24) is 4.57 Å². The molecule has 2 aromatic heterocycles. The average molecular weight is 675 g/mol. The largest absolute Gasteiger partial charge is 0.309 e. The Morgan fingerprint density at radius 2 is 1.31 bits per heavy atom. The molecule has 0 unspecified atom stereocenters. The number of anilines is 3. The molecule has 0 radical (unpaired) electrons. The lowest BCUT2D eigenvalue weighted by molar-refractivity contribution is 0.597. The van der Waals surface area contributed by atoms with Crippen LogP contribution < -0.4 is 21.3 Å². The molecule has 0 bridgehead atoms. The summed E-state index contributed by atoms with van der Waals surface area (Å²) in [5, 5.41) is 5.35. The van der Waals surface area contributed by atoms with Gasteiger partial charge in [0.2, 0.25) is 6.71 Å². The number of aryl methyl sites for hydroxylation is 2. The second-order valence-corrected chi connectivity index (χ2v) is 17.5. The third-order valence-corrected chi connectivity index (χ3v) is 13.5. The Balaban J connectivity index is 1.31. The first kappa shape index (κ1) is 29.7. The molecule has 0 saturated carbocycles. The Bertz CT molecular complexity index is 2740. The number of fused-ring (bicyclic) bond motifs is 10. The monoisotopic (exact) mass is 674 g/mol. The number of benzene rings is 6. The maximum atomic E-state index is 2.65. The van der Waals surface area contributed by atoms with Crippen molar-refractivity contribution < 1.29 is 0 Å². The van der Waals surface area contributed by atoms with Gasteiger partial charge in [0.15, 0.2) is 0 Å². The summed E-state index contributed by atoms with van der Waals surface area (Å²) in [6.07, 6.45) is 2.34. The first-order valence-corrected chi connectivity index (χ1v) is 19.3. The maximum absolute atomic E-state index is 2.65. The van der Waals surface area contributed by atoms with E-state index in [4.69, 9.17) is 0 Å². The third-order valence-electron chi connectivity index (χ3n) is 12.3. The van der Waals surface area contributed by atoms with Crippen molar-refractivity contribution in [3.05, 3.63) is 149 Å². The molecular weight excluding hydrogens is 635 g/mol. The summed E-state index contributed by atoms with van der Waals surface area (Å²) in [5.41, 5.74) is 17.8. The van der Waals surface area contributed by atoms with Gasteiger partial charge in [0.25, 0.3) is 0 Å². The Morgan fingerprint density at radius 3 is 2.02 bits per heavy atom. The Hall–Kier alpha value is -5.06. The predicted molar refractivity (Wildman–Crippen MR) is 220 cm³/mol. The number of thiophene rings is 1. The van der Waals surface area contributed by atoms with E-state index >= 15 is 0 Å². The number of hydrogen-bond acceptors (Lipinski definition) is 2. The number of hydrogen-bond donors (Lipinski definition) is 0. The molecule has 3 aliphatic rings. The molecule has 2 aliphatic heterocycles. The topological polar surface area (TPSA) is 8.17 Å². The van der Waals surface area contributed by atoms with Gasteiger partial charge in [0, 0.05) is 37.9 Å². The lowest BCUT2D eigenvalue weighted by Gasteiger charge is -2.45. The molecule has 4 heterocycles. The van der Waals surface area contributed by atoms with Crippen molar-refractivity contribution in [3.63, 3.8) is 0 Å². The molecule has 51 heavy (non-hydrogen) atoms. The van der Waals surface area contributed by atoms with E-state index in [-0.39, 0.29) is 17.5 Å². The van der Waals surface area contributed by atoms with Gasteiger partial charge in [-0.2, -0.15) is 0 Å². The fraction of sp³-hybridized carbons (Fsp3) is 0.191. The summed E-state index contributed by atoms with van der Waals surface area (Å²) >= 11 is 2.00. The normalized spacial score (nSPS) is 15.5. The van der Waals surface area contributed by atoms with Gasteiger partial charge in [-0.15, -0.1) is 11.3 Å². The van der Waals surface area contributed by atoms with Gasteiger partial charge in [-0.25, -0.2) is 0 Å². The Labute approximate surface area is 304 Å². The van der Waals surface area contributed by atoms with Crippen LogP contribution in [0, 0.1) is 0 Å². The molecule has 2 nitrogen and oxygen atoms in total. The second-order valence-electron chi connectivity index (χ2n) is 16.5. The van der Waals surface area contributed by atoms with E-state index < -0.39 is 0 Å². The highest BCUT2D eigenvalue weighted by Crippen LogP contribution is 2.50. The SMILES string of the molecule is CC(C)(C)c1cccc2c3c(sc12)N(c1ccc2c(c1)CC2)c1cc(-n2c4ccccc4c4ccccc42)cc2c1B3c1ccccc1C2(C)C. The lowest BCUT2D eigenvalue weighted by Crippen LogP contribution is -2.63. The van der Waals surface area contributed by atoms with Crippen LogP contribution in [0.25, 0.3) is 37.6 Å². The van der Waals surface area contributed by atoms with Crippen molar-refractivity contribution in [3.8, 4) is 5.69 Å². The van der Waals surface area contributed by atoms with Crippen LogP contribution in [0.3, 0.4) is 0 Å². The molecule has 11 rings (SSSR count). The number of rotatable bonds is 2. The van der Waals surface area contributed by atoms with E-state index in [9.17, 15) is 0 Å².